The molecule has 26 heavy (non-hydrogen) atoms. The van der Waals surface area contributed by atoms with Crippen LogP contribution in [-0.2, 0) is 0 Å². The van der Waals surface area contributed by atoms with Crippen molar-refractivity contribution in [3.63, 3.8) is 0 Å². The normalized spacial score (nSPS) is 10.5. The van der Waals surface area contributed by atoms with Crippen LogP contribution in [0.5, 0.6) is 5.75 Å². The van der Waals surface area contributed by atoms with Crippen molar-refractivity contribution >= 4 is 39.5 Å². The van der Waals surface area contributed by atoms with Gasteiger partial charge in [-0.3, -0.25) is 0 Å². The lowest BCUT2D eigenvalue weighted by atomic mass is 10.1. The number of benzene rings is 3. The van der Waals surface area contributed by atoms with Gasteiger partial charge in [-0.25, -0.2) is 0 Å². The van der Waals surface area contributed by atoms with E-state index in [4.69, 9.17) is 17.0 Å². The second-order valence-corrected chi connectivity index (χ2v) is 6.59. The third-order valence-corrected chi connectivity index (χ3v) is 4.37. The van der Waals surface area contributed by atoms with E-state index < -0.39 is 0 Å². The van der Waals surface area contributed by atoms with Gasteiger partial charge >= 0.3 is 0 Å². The van der Waals surface area contributed by atoms with Gasteiger partial charge in [0.05, 0.1) is 6.61 Å². The molecule has 0 aliphatic rings. The predicted molar refractivity (Wildman–Crippen MR) is 115 cm³/mol. The number of fused-ring (bicyclic) bond motifs is 1. The van der Waals surface area contributed by atoms with Crippen LogP contribution in [0.4, 0.5) is 11.4 Å². The summed E-state index contributed by atoms with van der Waals surface area (Å²) in [5, 5.41) is 9.41. The number of rotatable bonds is 7. The van der Waals surface area contributed by atoms with Crippen LogP contribution in [0.15, 0.2) is 66.7 Å². The number of hydrogen-bond acceptors (Lipinski definition) is 2. The molecule has 0 atom stereocenters. The Bertz CT molecular complexity index is 856. The molecule has 3 nitrogen and oxygen atoms in total. The molecule has 0 heterocycles. The maximum Gasteiger partial charge on any atom is 0.175 e. The fourth-order valence-corrected chi connectivity index (χ4v) is 3.02. The minimum atomic E-state index is 0.568. The lowest BCUT2D eigenvalue weighted by Crippen LogP contribution is -2.19. The zero-order valence-corrected chi connectivity index (χ0v) is 15.8. The van der Waals surface area contributed by atoms with Gasteiger partial charge in [0.25, 0.3) is 0 Å². The fraction of sp³-hybridized carbons (Fsp3) is 0.227. The quantitative estimate of drug-likeness (QED) is 0.385. The van der Waals surface area contributed by atoms with Gasteiger partial charge in [-0.05, 0) is 54.4 Å². The lowest BCUT2D eigenvalue weighted by Gasteiger charge is -2.13. The van der Waals surface area contributed by atoms with E-state index in [1.54, 1.807) is 0 Å². The van der Waals surface area contributed by atoms with E-state index >= 15 is 0 Å². The summed E-state index contributed by atoms with van der Waals surface area (Å²) in [4.78, 5) is 0. The minimum Gasteiger partial charge on any atom is -0.494 e. The molecule has 0 aliphatic heterocycles. The molecule has 3 aromatic carbocycles. The minimum absolute atomic E-state index is 0.568. The molecule has 134 valence electrons. The van der Waals surface area contributed by atoms with E-state index in [0.717, 1.165) is 35.5 Å². The highest BCUT2D eigenvalue weighted by molar-refractivity contribution is 7.80. The van der Waals surface area contributed by atoms with E-state index in [2.05, 4.69) is 35.8 Å². The molecule has 0 aliphatic carbocycles. The Kier molecular flexibility index (Phi) is 6.45. The topological polar surface area (TPSA) is 33.3 Å². The Morgan fingerprint density at radius 2 is 1.65 bits per heavy atom. The molecular formula is C22H24N2OS. The average Bonchev–Trinajstić information content (AvgIpc) is 2.67. The summed E-state index contributed by atoms with van der Waals surface area (Å²) < 4.78 is 5.74. The summed E-state index contributed by atoms with van der Waals surface area (Å²) in [6, 6.07) is 22.3. The Labute approximate surface area is 160 Å². The van der Waals surface area contributed by atoms with Gasteiger partial charge in [0, 0.05) is 16.8 Å². The number of ether oxygens (including phenoxy) is 1. The van der Waals surface area contributed by atoms with Crippen LogP contribution in [0.3, 0.4) is 0 Å². The standard InChI is InChI=1S/C22H24N2OS/c1-2-3-6-16-25-19-14-12-18(13-15-19)23-22(26)24-21-11-7-9-17-8-4-5-10-20(17)21/h4-5,7-15H,2-3,6,16H2,1H3,(H2,23,24,26). The largest absolute Gasteiger partial charge is 0.494 e. The maximum atomic E-state index is 5.74. The number of thiocarbonyl (C=S) groups is 1. The lowest BCUT2D eigenvalue weighted by molar-refractivity contribution is 0.306. The van der Waals surface area contributed by atoms with Crippen molar-refractivity contribution < 1.29 is 4.74 Å². The number of anilines is 2. The zero-order valence-electron chi connectivity index (χ0n) is 15.0. The molecule has 0 saturated heterocycles. The van der Waals surface area contributed by atoms with Crippen molar-refractivity contribution in [3.05, 3.63) is 66.7 Å². The summed E-state index contributed by atoms with van der Waals surface area (Å²) >= 11 is 5.46. The summed E-state index contributed by atoms with van der Waals surface area (Å²) in [7, 11) is 0. The van der Waals surface area contributed by atoms with Gasteiger partial charge in [-0.1, -0.05) is 56.2 Å². The highest BCUT2D eigenvalue weighted by atomic mass is 32.1. The Morgan fingerprint density at radius 3 is 2.46 bits per heavy atom. The average molecular weight is 365 g/mol. The molecule has 0 saturated carbocycles. The SMILES string of the molecule is CCCCCOc1ccc(NC(=S)Nc2cccc3ccccc23)cc1. The molecule has 2 N–H and O–H groups in total. The molecule has 3 aromatic rings. The van der Waals surface area contributed by atoms with Crippen LogP contribution in [0.25, 0.3) is 10.8 Å². The first-order valence-corrected chi connectivity index (χ1v) is 9.46. The summed E-state index contributed by atoms with van der Waals surface area (Å²) in [5.74, 6) is 0.889. The number of nitrogens with one attached hydrogen (secondary N) is 2. The third-order valence-electron chi connectivity index (χ3n) is 4.17. The van der Waals surface area contributed by atoms with Crippen LogP contribution in [0, 0.1) is 0 Å². The fourth-order valence-electron chi connectivity index (χ4n) is 2.80. The van der Waals surface area contributed by atoms with E-state index in [1.165, 1.54) is 18.2 Å². The van der Waals surface area contributed by atoms with Crippen molar-refractivity contribution in [2.75, 3.05) is 17.2 Å². The van der Waals surface area contributed by atoms with E-state index in [0.29, 0.717) is 5.11 Å². The van der Waals surface area contributed by atoms with Crippen molar-refractivity contribution in [3.8, 4) is 5.75 Å². The predicted octanol–water partition coefficient (Wildman–Crippen LogP) is 6.22. The number of unbranched alkanes of at least 4 members (excludes halogenated alkanes) is 2. The molecule has 0 fully saturated rings. The van der Waals surface area contributed by atoms with E-state index in [9.17, 15) is 0 Å². The first kappa shape index (κ1) is 18.2. The Hall–Kier alpha value is -2.59. The first-order chi connectivity index (χ1) is 12.8. The maximum absolute atomic E-state index is 5.74. The van der Waals surface area contributed by atoms with Gasteiger partial charge < -0.3 is 15.4 Å². The van der Waals surface area contributed by atoms with Crippen molar-refractivity contribution in [2.45, 2.75) is 26.2 Å². The van der Waals surface area contributed by atoms with Crippen LogP contribution in [-0.4, -0.2) is 11.7 Å². The molecule has 0 aromatic heterocycles. The molecule has 0 amide bonds. The number of hydrogen-bond donors (Lipinski definition) is 2. The molecule has 0 bridgehead atoms. The van der Waals surface area contributed by atoms with Crippen molar-refractivity contribution in [1.29, 1.82) is 0 Å². The van der Waals surface area contributed by atoms with E-state index in [1.807, 2.05) is 48.5 Å². The molecule has 0 unspecified atom stereocenters. The summed E-state index contributed by atoms with van der Waals surface area (Å²) in [5.41, 5.74) is 1.93. The van der Waals surface area contributed by atoms with Crippen LogP contribution in [0.1, 0.15) is 26.2 Å². The third kappa shape index (κ3) is 4.96. The first-order valence-electron chi connectivity index (χ1n) is 9.05. The zero-order chi connectivity index (χ0) is 18.2. The van der Waals surface area contributed by atoms with Crippen molar-refractivity contribution in [2.24, 2.45) is 0 Å². The van der Waals surface area contributed by atoms with Gasteiger partial charge in [0.2, 0.25) is 0 Å². The van der Waals surface area contributed by atoms with Gasteiger partial charge in [-0.2, -0.15) is 0 Å². The smallest absolute Gasteiger partial charge is 0.175 e. The van der Waals surface area contributed by atoms with Crippen LogP contribution >= 0.6 is 12.2 Å². The molecule has 0 radical (unpaired) electrons. The van der Waals surface area contributed by atoms with Crippen LogP contribution in [0.2, 0.25) is 0 Å². The molecule has 3 rings (SSSR count). The molecule has 4 heteroatoms. The Balaban J connectivity index is 1.57. The van der Waals surface area contributed by atoms with Crippen LogP contribution < -0.4 is 15.4 Å². The van der Waals surface area contributed by atoms with Gasteiger partial charge in [0.15, 0.2) is 5.11 Å². The highest BCUT2D eigenvalue weighted by Gasteiger charge is 2.03. The van der Waals surface area contributed by atoms with E-state index in [-0.39, 0.29) is 0 Å². The second-order valence-electron chi connectivity index (χ2n) is 6.19. The molecular weight excluding hydrogens is 340 g/mol. The monoisotopic (exact) mass is 364 g/mol. The summed E-state index contributed by atoms with van der Waals surface area (Å²) in [6.07, 6.45) is 3.50. The molecule has 0 spiro atoms. The van der Waals surface area contributed by atoms with Crippen molar-refractivity contribution in [1.82, 2.24) is 0 Å². The Morgan fingerprint density at radius 1 is 0.885 bits per heavy atom. The van der Waals surface area contributed by atoms with Gasteiger partial charge in [0.1, 0.15) is 5.75 Å². The second kappa shape index (κ2) is 9.20. The summed E-state index contributed by atoms with van der Waals surface area (Å²) in [6.45, 7) is 2.96. The van der Waals surface area contributed by atoms with Gasteiger partial charge in [-0.15, -0.1) is 0 Å². The highest BCUT2D eigenvalue weighted by Crippen LogP contribution is 2.23.